The van der Waals surface area contributed by atoms with Gasteiger partial charge >= 0.3 is 6.09 Å². The second-order valence-electron chi connectivity index (χ2n) is 11.7. The van der Waals surface area contributed by atoms with E-state index in [2.05, 4.69) is 54.0 Å². The highest BCUT2D eigenvalue weighted by molar-refractivity contribution is 5.70. The second kappa shape index (κ2) is 16.3. The number of nitrogens with one attached hydrogen (secondary N) is 1. The maximum Gasteiger partial charge on any atom is 0.407 e. The summed E-state index contributed by atoms with van der Waals surface area (Å²) in [5, 5.41) is 12.4. The van der Waals surface area contributed by atoms with Crippen LogP contribution in [0.15, 0.2) is 110 Å². The molecule has 0 unspecified atom stereocenters. The highest BCUT2D eigenvalue weighted by atomic mass is 16.7. The molecule has 0 bridgehead atoms. The lowest BCUT2D eigenvalue weighted by molar-refractivity contribution is -0.275. The fourth-order valence-corrected chi connectivity index (χ4v) is 5.71. The normalized spacial score (nSPS) is 19.5. The van der Waals surface area contributed by atoms with Crippen LogP contribution in [0.2, 0.25) is 0 Å². The Labute approximate surface area is 271 Å². The zero-order valence-electron chi connectivity index (χ0n) is 26.5. The Kier molecular flexibility index (Phi) is 11.7. The quantitative estimate of drug-likeness (QED) is 0.162. The molecule has 5 rings (SSSR count). The molecular formula is C38H43N3O5. The standard InChI is InChI=1S/C38H43N3O5/c1-4-23-44-38(43)40-24-32-9-5-6-11-34(32)29-16-18-31(19-17-29)37-45-35(25-41(3)22-20-33-10-7-8-21-39-33)27(2)36(46-37)30-14-12-28(26-42)13-15-30/h4-19,21,27,35-37,42H,1,20,22-26H2,2-3H3,(H,40,43)/t27-,35+,36+,37+/m0/s1. The van der Waals surface area contributed by atoms with E-state index in [1.165, 1.54) is 6.08 Å². The molecule has 8 nitrogen and oxygen atoms in total. The van der Waals surface area contributed by atoms with Crippen molar-refractivity contribution in [3.05, 3.63) is 138 Å². The van der Waals surface area contributed by atoms with Crippen molar-refractivity contribution in [1.82, 2.24) is 15.2 Å². The van der Waals surface area contributed by atoms with E-state index < -0.39 is 12.4 Å². The van der Waals surface area contributed by atoms with Crippen LogP contribution in [0, 0.1) is 5.92 Å². The molecule has 0 aliphatic carbocycles. The first kappa shape index (κ1) is 33.0. The summed E-state index contributed by atoms with van der Waals surface area (Å²) in [7, 11) is 2.12. The van der Waals surface area contributed by atoms with Gasteiger partial charge in [0.2, 0.25) is 0 Å². The van der Waals surface area contributed by atoms with Crippen LogP contribution < -0.4 is 5.32 Å². The van der Waals surface area contributed by atoms with Gasteiger partial charge in [0.1, 0.15) is 6.61 Å². The molecule has 1 aliphatic rings. The van der Waals surface area contributed by atoms with E-state index in [1.54, 1.807) is 0 Å². The Hall–Kier alpha value is -4.34. The van der Waals surface area contributed by atoms with Crippen molar-refractivity contribution < 1.29 is 24.1 Å². The van der Waals surface area contributed by atoms with E-state index in [9.17, 15) is 9.90 Å². The van der Waals surface area contributed by atoms with Crippen molar-refractivity contribution in [2.45, 2.75) is 45.0 Å². The number of carbonyl (C=O) groups excluding carboxylic acids is 1. The molecule has 240 valence electrons. The number of likely N-dealkylation sites (N-methyl/N-ethyl adjacent to an activating group) is 1. The highest BCUT2D eigenvalue weighted by Crippen LogP contribution is 2.42. The van der Waals surface area contributed by atoms with Gasteiger partial charge in [-0.2, -0.15) is 0 Å². The first-order chi connectivity index (χ1) is 22.4. The number of nitrogens with zero attached hydrogens (tertiary/aromatic N) is 2. The van der Waals surface area contributed by atoms with Crippen LogP contribution in [0.25, 0.3) is 11.1 Å². The molecule has 4 aromatic rings. The molecule has 1 aliphatic heterocycles. The Morgan fingerprint density at radius 2 is 1.74 bits per heavy atom. The first-order valence-electron chi connectivity index (χ1n) is 15.7. The largest absolute Gasteiger partial charge is 0.445 e. The Balaban J connectivity index is 1.33. The summed E-state index contributed by atoms with van der Waals surface area (Å²) in [5.74, 6) is 0.0883. The summed E-state index contributed by atoms with van der Waals surface area (Å²) in [5.41, 5.74) is 6.94. The fourth-order valence-electron chi connectivity index (χ4n) is 5.71. The zero-order valence-corrected chi connectivity index (χ0v) is 26.5. The fraction of sp³-hybridized carbons (Fsp3) is 0.316. The third-order valence-electron chi connectivity index (χ3n) is 8.36. The Morgan fingerprint density at radius 1 is 1.00 bits per heavy atom. The van der Waals surface area contributed by atoms with Gasteiger partial charge in [0.05, 0.1) is 18.8 Å². The smallest absolute Gasteiger partial charge is 0.407 e. The number of amides is 1. The monoisotopic (exact) mass is 621 g/mol. The minimum atomic E-state index is -0.557. The summed E-state index contributed by atoms with van der Waals surface area (Å²) in [4.78, 5) is 18.8. The molecule has 1 saturated heterocycles. The summed E-state index contributed by atoms with van der Waals surface area (Å²) >= 11 is 0. The molecule has 1 aromatic heterocycles. The predicted molar refractivity (Wildman–Crippen MR) is 179 cm³/mol. The molecule has 4 atom stereocenters. The van der Waals surface area contributed by atoms with E-state index in [0.29, 0.717) is 6.54 Å². The second-order valence-corrected chi connectivity index (χ2v) is 11.7. The van der Waals surface area contributed by atoms with Crippen molar-refractivity contribution >= 4 is 6.09 Å². The van der Waals surface area contributed by atoms with Gasteiger partial charge in [-0.05, 0) is 47.0 Å². The molecule has 46 heavy (non-hydrogen) atoms. The highest BCUT2D eigenvalue weighted by Gasteiger charge is 2.38. The van der Waals surface area contributed by atoms with Crippen molar-refractivity contribution in [2.75, 3.05) is 26.7 Å². The first-order valence-corrected chi connectivity index (χ1v) is 15.7. The summed E-state index contributed by atoms with van der Waals surface area (Å²) in [6.45, 7) is 7.86. The molecule has 3 aromatic carbocycles. The summed E-state index contributed by atoms with van der Waals surface area (Å²) < 4.78 is 18.4. The van der Waals surface area contributed by atoms with Gasteiger partial charge in [0.25, 0.3) is 0 Å². The van der Waals surface area contributed by atoms with E-state index in [1.807, 2.05) is 79.0 Å². The van der Waals surface area contributed by atoms with Gasteiger partial charge in [-0.15, -0.1) is 0 Å². The van der Waals surface area contributed by atoms with Crippen molar-refractivity contribution in [3.8, 4) is 11.1 Å². The van der Waals surface area contributed by atoms with Crippen molar-refractivity contribution in [3.63, 3.8) is 0 Å². The van der Waals surface area contributed by atoms with Gasteiger partial charge in [-0.1, -0.05) is 98.4 Å². The molecule has 0 spiro atoms. The molecule has 1 amide bonds. The van der Waals surface area contributed by atoms with Gasteiger partial charge in [0.15, 0.2) is 6.29 Å². The maximum atomic E-state index is 12.0. The number of carbonyl (C=O) groups is 1. The van der Waals surface area contributed by atoms with Gasteiger partial charge in [-0.3, -0.25) is 4.98 Å². The van der Waals surface area contributed by atoms with Crippen LogP contribution in [0.3, 0.4) is 0 Å². The molecular weight excluding hydrogens is 578 g/mol. The van der Waals surface area contributed by atoms with Crippen LogP contribution in [0.4, 0.5) is 4.79 Å². The topological polar surface area (TPSA) is 93.2 Å². The average molecular weight is 622 g/mol. The molecule has 1 fully saturated rings. The van der Waals surface area contributed by atoms with E-state index in [4.69, 9.17) is 14.2 Å². The van der Waals surface area contributed by atoms with Gasteiger partial charge in [0, 0.05) is 49.4 Å². The molecule has 0 radical (unpaired) electrons. The minimum absolute atomic E-state index is 0.00171. The third kappa shape index (κ3) is 8.68. The maximum absolute atomic E-state index is 12.0. The van der Waals surface area contributed by atoms with Crippen LogP contribution in [-0.2, 0) is 33.8 Å². The summed E-state index contributed by atoms with van der Waals surface area (Å²) in [6, 6.07) is 30.2. The number of hydrogen-bond acceptors (Lipinski definition) is 7. The Morgan fingerprint density at radius 3 is 2.46 bits per heavy atom. The van der Waals surface area contributed by atoms with E-state index >= 15 is 0 Å². The predicted octanol–water partition coefficient (Wildman–Crippen LogP) is 6.62. The van der Waals surface area contributed by atoms with Gasteiger partial charge in [-0.25, -0.2) is 4.79 Å². The third-order valence-corrected chi connectivity index (χ3v) is 8.36. The molecule has 2 heterocycles. The number of aromatic nitrogens is 1. The van der Waals surface area contributed by atoms with Crippen LogP contribution in [0.1, 0.15) is 47.3 Å². The molecule has 0 saturated carbocycles. The van der Waals surface area contributed by atoms with Gasteiger partial charge < -0.3 is 29.5 Å². The Bertz CT molecular complexity index is 1550. The SMILES string of the molecule is C=CCOC(=O)NCc1ccccc1-c1ccc([C@@H]2O[C@H](CN(C)CCc3ccccn3)[C@H](C)[C@H](c3ccc(CO)cc3)O2)cc1. The molecule has 8 heteroatoms. The number of rotatable bonds is 13. The number of alkyl carbamates (subject to hydrolysis) is 1. The van der Waals surface area contributed by atoms with E-state index in [0.717, 1.165) is 58.6 Å². The number of pyridine rings is 1. The lowest BCUT2D eigenvalue weighted by Crippen LogP contribution is -2.43. The summed E-state index contributed by atoms with van der Waals surface area (Å²) in [6.07, 6.45) is 2.92. The lowest BCUT2D eigenvalue weighted by Gasteiger charge is -2.42. The van der Waals surface area contributed by atoms with Crippen molar-refractivity contribution in [2.24, 2.45) is 5.92 Å². The number of hydrogen-bond donors (Lipinski definition) is 2. The van der Waals surface area contributed by atoms with Crippen LogP contribution in [0.5, 0.6) is 0 Å². The average Bonchev–Trinajstić information content (AvgIpc) is 3.10. The minimum Gasteiger partial charge on any atom is -0.445 e. The number of aliphatic hydroxyl groups is 1. The van der Waals surface area contributed by atoms with Crippen molar-refractivity contribution in [1.29, 1.82) is 0 Å². The molecule has 2 N–H and O–H groups in total. The number of benzene rings is 3. The number of ether oxygens (including phenoxy) is 3. The lowest BCUT2D eigenvalue weighted by atomic mass is 9.90. The van der Waals surface area contributed by atoms with Crippen LogP contribution in [-0.4, -0.2) is 53.9 Å². The van der Waals surface area contributed by atoms with E-state index in [-0.39, 0.29) is 31.3 Å². The van der Waals surface area contributed by atoms with Crippen LogP contribution >= 0.6 is 0 Å². The zero-order chi connectivity index (χ0) is 32.3. The number of aliphatic hydroxyl groups excluding tert-OH is 1.